The van der Waals surface area contributed by atoms with Gasteiger partial charge in [0.05, 0.1) is 19.8 Å². The van der Waals surface area contributed by atoms with E-state index in [1.165, 1.54) is 18.9 Å². The summed E-state index contributed by atoms with van der Waals surface area (Å²) in [6.45, 7) is 0. The second-order valence-corrected chi connectivity index (χ2v) is 8.64. The van der Waals surface area contributed by atoms with Crippen molar-refractivity contribution in [3.63, 3.8) is 0 Å². The van der Waals surface area contributed by atoms with Gasteiger partial charge in [0, 0.05) is 35.7 Å². The van der Waals surface area contributed by atoms with Crippen LogP contribution in [-0.4, -0.2) is 29.7 Å². The van der Waals surface area contributed by atoms with Crippen LogP contribution in [0.15, 0.2) is 52.4 Å². The van der Waals surface area contributed by atoms with E-state index in [0.717, 1.165) is 5.56 Å². The molecule has 0 saturated carbocycles. The van der Waals surface area contributed by atoms with Crippen LogP contribution in [0.25, 0.3) is 0 Å². The molecule has 0 fully saturated rings. The van der Waals surface area contributed by atoms with Crippen LogP contribution in [-0.2, 0) is 17.6 Å². The molecule has 1 aromatic heterocycles. The van der Waals surface area contributed by atoms with Crippen LogP contribution < -0.4 is 20.3 Å². The summed E-state index contributed by atoms with van der Waals surface area (Å²) in [5, 5.41) is 4.00. The Morgan fingerprint density at radius 3 is 2.66 bits per heavy atom. The topological polar surface area (TPSA) is 82.5 Å². The standard InChI is InChI=1S/C23H22ClN3O4S/c1-27-21-19(22(29)26-23(27)32-12-13-7-4-5-9-16(13)24)15(11-18(28)25-21)14-8-6-10-17(30-2)20(14)31-3/h4-10,15H,11-12H2,1-3H3,(H,25,28)/t15-/m1/s1. The number of rotatable bonds is 6. The van der Waals surface area contributed by atoms with Crippen molar-refractivity contribution in [1.82, 2.24) is 9.55 Å². The zero-order valence-corrected chi connectivity index (χ0v) is 19.4. The molecule has 0 spiro atoms. The van der Waals surface area contributed by atoms with Gasteiger partial charge >= 0.3 is 0 Å². The van der Waals surface area contributed by atoms with Crippen molar-refractivity contribution < 1.29 is 14.3 Å². The fourth-order valence-corrected chi connectivity index (χ4v) is 5.12. The SMILES string of the molecule is COc1cccc([C@H]2CC(=O)Nc3c2c(=O)nc(SCc2ccccc2Cl)n3C)c1OC. The molecule has 1 aliphatic heterocycles. The largest absolute Gasteiger partial charge is 0.493 e. The van der Waals surface area contributed by atoms with Crippen LogP contribution in [0.3, 0.4) is 0 Å². The van der Waals surface area contributed by atoms with Crippen LogP contribution in [0.2, 0.25) is 5.02 Å². The second-order valence-electron chi connectivity index (χ2n) is 7.29. The molecule has 1 aliphatic rings. The summed E-state index contributed by atoms with van der Waals surface area (Å²) in [5.74, 6) is 1.33. The zero-order chi connectivity index (χ0) is 22.8. The van der Waals surface area contributed by atoms with Crippen molar-refractivity contribution in [2.75, 3.05) is 19.5 Å². The number of carbonyl (C=O) groups is 1. The number of hydrogen-bond donors (Lipinski definition) is 1. The second kappa shape index (κ2) is 9.26. The first-order valence-electron chi connectivity index (χ1n) is 9.92. The highest BCUT2D eigenvalue weighted by Gasteiger charge is 2.34. The number of halogens is 1. The van der Waals surface area contributed by atoms with E-state index in [1.807, 2.05) is 36.4 Å². The van der Waals surface area contributed by atoms with Crippen LogP contribution in [0.5, 0.6) is 11.5 Å². The lowest BCUT2D eigenvalue weighted by Gasteiger charge is -2.28. The fraction of sp³-hybridized carbons (Fsp3) is 0.261. The number of carbonyl (C=O) groups excluding carboxylic acids is 1. The molecular formula is C23H22ClN3O4S. The number of nitrogens with one attached hydrogen (secondary N) is 1. The minimum atomic E-state index is -0.502. The summed E-state index contributed by atoms with van der Waals surface area (Å²) in [7, 11) is 4.87. The van der Waals surface area contributed by atoms with E-state index >= 15 is 0 Å². The molecule has 0 unspecified atom stereocenters. The molecular weight excluding hydrogens is 450 g/mol. The Bertz CT molecular complexity index is 1240. The molecule has 0 radical (unpaired) electrons. The molecule has 4 rings (SSSR count). The van der Waals surface area contributed by atoms with Crippen molar-refractivity contribution in [2.45, 2.75) is 23.2 Å². The highest BCUT2D eigenvalue weighted by molar-refractivity contribution is 7.98. The molecule has 3 aromatic rings. The van der Waals surface area contributed by atoms with Gasteiger partial charge < -0.3 is 19.4 Å². The van der Waals surface area contributed by atoms with Gasteiger partial charge in [-0.05, 0) is 17.7 Å². The number of methoxy groups -OCH3 is 2. The van der Waals surface area contributed by atoms with Gasteiger partial charge in [-0.25, -0.2) is 0 Å². The fourth-order valence-electron chi connectivity index (χ4n) is 3.87. The molecule has 0 saturated heterocycles. The third kappa shape index (κ3) is 4.08. The maximum atomic E-state index is 13.2. The van der Waals surface area contributed by atoms with Crippen LogP contribution in [0, 0.1) is 0 Å². The smallest absolute Gasteiger partial charge is 0.279 e. The highest BCUT2D eigenvalue weighted by atomic mass is 35.5. The van der Waals surface area contributed by atoms with Gasteiger partial charge in [0.2, 0.25) is 5.91 Å². The number of hydrogen-bond acceptors (Lipinski definition) is 6. The lowest BCUT2D eigenvalue weighted by Crippen LogP contribution is -2.33. The number of thioether (sulfide) groups is 1. The average Bonchev–Trinajstić information content (AvgIpc) is 2.80. The molecule has 1 amide bonds. The van der Waals surface area contributed by atoms with E-state index in [4.69, 9.17) is 21.1 Å². The lowest BCUT2D eigenvalue weighted by atomic mass is 9.86. The van der Waals surface area contributed by atoms with Gasteiger partial charge in [-0.3, -0.25) is 9.59 Å². The molecule has 9 heteroatoms. The number of benzene rings is 2. The summed E-state index contributed by atoms with van der Waals surface area (Å²) in [6, 6.07) is 13.0. The van der Waals surface area contributed by atoms with E-state index in [9.17, 15) is 9.59 Å². The molecule has 1 atom stereocenters. The van der Waals surface area contributed by atoms with Crippen molar-refractivity contribution in [2.24, 2.45) is 7.05 Å². The molecule has 7 nitrogen and oxygen atoms in total. The Balaban J connectivity index is 1.77. The molecule has 166 valence electrons. The Hall–Kier alpha value is -2.97. The average molecular weight is 472 g/mol. The number of fused-ring (bicyclic) bond motifs is 1. The van der Waals surface area contributed by atoms with Crippen LogP contribution >= 0.6 is 23.4 Å². The lowest BCUT2D eigenvalue weighted by molar-refractivity contribution is -0.116. The number of aromatic nitrogens is 2. The third-order valence-corrected chi connectivity index (χ3v) is 6.87. The highest BCUT2D eigenvalue weighted by Crippen LogP contribution is 2.43. The minimum absolute atomic E-state index is 0.111. The first kappa shape index (κ1) is 22.2. The molecule has 1 N–H and O–H groups in total. The summed E-state index contributed by atoms with van der Waals surface area (Å²) >= 11 is 7.64. The van der Waals surface area contributed by atoms with Gasteiger partial charge in [0.1, 0.15) is 5.82 Å². The molecule has 2 heterocycles. The maximum Gasteiger partial charge on any atom is 0.279 e. The van der Waals surface area contributed by atoms with Gasteiger partial charge in [-0.1, -0.05) is 53.7 Å². The van der Waals surface area contributed by atoms with Crippen molar-refractivity contribution in [1.29, 1.82) is 0 Å². The Kier molecular flexibility index (Phi) is 6.43. The van der Waals surface area contributed by atoms with E-state index in [0.29, 0.717) is 44.4 Å². The van der Waals surface area contributed by atoms with Gasteiger partial charge in [0.15, 0.2) is 16.7 Å². The van der Waals surface area contributed by atoms with E-state index in [-0.39, 0.29) is 17.9 Å². The number of amides is 1. The maximum absolute atomic E-state index is 13.2. The quantitative estimate of drug-likeness (QED) is 0.428. The van der Waals surface area contributed by atoms with Gasteiger partial charge in [-0.2, -0.15) is 4.98 Å². The third-order valence-electron chi connectivity index (χ3n) is 5.42. The van der Waals surface area contributed by atoms with Gasteiger partial charge in [0.25, 0.3) is 5.56 Å². The first-order chi connectivity index (χ1) is 15.4. The number of ether oxygens (including phenoxy) is 2. The molecule has 0 bridgehead atoms. The van der Waals surface area contributed by atoms with E-state index in [1.54, 1.807) is 24.8 Å². The number of para-hydroxylation sites is 1. The molecule has 32 heavy (non-hydrogen) atoms. The first-order valence-corrected chi connectivity index (χ1v) is 11.3. The minimum Gasteiger partial charge on any atom is -0.493 e. The van der Waals surface area contributed by atoms with Crippen molar-refractivity contribution in [3.8, 4) is 11.5 Å². The summed E-state index contributed by atoms with van der Waals surface area (Å²) in [4.78, 5) is 30.1. The Morgan fingerprint density at radius 1 is 1.16 bits per heavy atom. The summed E-state index contributed by atoms with van der Waals surface area (Å²) < 4.78 is 12.7. The van der Waals surface area contributed by atoms with E-state index in [2.05, 4.69) is 10.3 Å². The number of nitrogens with zero attached hydrogens (tertiary/aromatic N) is 2. The normalized spacial score (nSPS) is 15.1. The van der Waals surface area contributed by atoms with Crippen molar-refractivity contribution >= 4 is 35.1 Å². The van der Waals surface area contributed by atoms with Crippen molar-refractivity contribution in [3.05, 3.63) is 74.5 Å². The zero-order valence-electron chi connectivity index (χ0n) is 17.8. The monoisotopic (exact) mass is 471 g/mol. The van der Waals surface area contributed by atoms with Crippen LogP contribution in [0.4, 0.5) is 5.82 Å². The Morgan fingerprint density at radius 2 is 1.94 bits per heavy atom. The van der Waals surface area contributed by atoms with E-state index < -0.39 is 5.92 Å². The van der Waals surface area contributed by atoms with Gasteiger partial charge in [-0.15, -0.1) is 0 Å². The Labute approximate surface area is 194 Å². The number of anilines is 1. The predicted octanol–water partition coefficient (Wildman–Crippen LogP) is 4.22. The predicted molar refractivity (Wildman–Crippen MR) is 125 cm³/mol. The summed E-state index contributed by atoms with van der Waals surface area (Å²) in [5.41, 5.74) is 1.70. The molecule has 0 aliphatic carbocycles. The molecule has 2 aromatic carbocycles. The van der Waals surface area contributed by atoms with Crippen LogP contribution in [0.1, 0.15) is 29.0 Å². The summed E-state index contributed by atoms with van der Waals surface area (Å²) in [6.07, 6.45) is 0.111.